The number of methoxy groups -OCH3 is 1. The summed E-state index contributed by atoms with van der Waals surface area (Å²) in [6.07, 6.45) is 4.83. The molecule has 1 N–H and O–H groups in total. The number of aromatic nitrogens is 3. The molecule has 2 heterocycles. The Labute approximate surface area is 117 Å². The second kappa shape index (κ2) is 7.37. The van der Waals surface area contributed by atoms with Gasteiger partial charge in [0.25, 0.3) is 0 Å². The molecule has 0 aromatic carbocycles. The van der Waals surface area contributed by atoms with Gasteiger partial charge in [-0.1, -0.05) is 6.92 Å². The van der Waals surface area contributed by atoms with E-state index in [4.69, 9.17) is 4.74 Å². The van der Waals surface area contributed by atoms with E-state index in [1.54, 1.807) is 18.4 Å². The van der Waals surface area contributed by atoms with Crippen molar-refractivity contribution >= 4 is 11.3 Å². The quantitative estimate of drug-likeness (QED) is 0.748. The van der Waals surface area contributed by atoms with Gasteiger partial charge in [0, 0.05) is 31.4 Å². The number of hydrogen-bond donors (Lipinski definition) is 1. The number of imidazole rings is 1. The fourth-order valence-corrected chi connectivity index (χ4v) is 2.52. The molecule has 19 heavy (non-hydrogen) atoms. The van der Waals surface area contributed by atoms with Crippen molar-refractivity contribution in [3.63, 3.8) is 0 Å². The van der Waals surface area contributed by atoms with Gasteiger partial charge in [0.2, 0.25) is 0 Å². The summed E-state index contributed by atoms with van der Waals surface area (Å²) in [5.74, 6) is 1.03. The van der Waals surface area contributed by atoms with Crippen molar-refractivity contribution in [3.8, 4) is 0 Å². The van der Waals surface area contributed by atoms with Crippen LogP contribution < -0.4 is 5.32 Å². The van der Waals surface area contributed by atoms with Gasteiger partial charge in [-0.2, -0.15) is 0 Å². The smallest absolute Gasteiger partial charge is 0.123 e. The van der Waals surface area contributed by atoms with E-state index in [1.165, 1.54) is 5.01 Å². The molecule has 0 saturated carbocycles. The second-order valence-corrected chi connectivity index (χ2v) is 5.17. The lowest BCUT2D eigenvalue weighted by molar-refractivity contribution is 0.199. The maximum absolute atomic E-state index is 5.00. The largest absolute Gasteiger partial charge is 0.383 e. The lowest BCUT2D eigenvalue weighted by Gasteiger charge is -2.07. The lowest BCUT2D eigenvalue weighted by Crippen LogP contribution is -2.21. The van der Waals surface area contributed by atoms with Crippen LogP contribution in [0.1, 0.15) is 23.4 Å². The van der Waals surface area contributed by atoms with Crippen LogP contribution in [-0.4, -0.2) is 34.8 Å². The van der Waals surface area contributed by atoms with Crippen LogP contribution in [0.4, 0.5) is 0 Å². The summed E-state index contributed by atoms with van der Waals surface area (Å²) >= 11 is 1.72. The number of ether oxygens (including phenoxy) is 1. The first-order valence-corrected chi connectivity index (χ1v) is 7.34. The third-order valence-electron chi connectivity index (χ3n) is 2.80. The molecule has 104 valence electrons. The minimum absolute atomic E-state index is 0.715. The van der Waals surface area contributed by atoms with Crippen LogP contribution in [0.2, 0.25) is 0 Å². The van der Waals surface area contributed by atoms with Gasteiger partial charge >= 0.3 is 0 Å². The first-order chi connectivity index (χ1) is 9.33. The number of nitrogens with one attached hydrogen (secondary N) is 1. The standard InChI is InChI=1S/C13H20N4OS/c1-3-13-16-11(10-19-13)9-17-6-4-15-12(17)8-14-5-7-18-2/h4,6,10,14H,3,5,7-9H2,1-2H3. The zero-order valence-electron chi connectivity index (χ0n) is 11.4. The van der Waals surface area contributed by atoms with E-state index in [1.807, 2.05) is 12.4 Å². The Morgan fingerprint density at radius 1 is 1.47 bits per heavy atom. The highest BCUT2D eigenvalue weighted by Crippen LogP contribution is 2.12. The molecule has 0 fully saturated rings. The van der Waals surface area contributed by atoms with E-state index in [2.05, 4.69) is 32.2 Å². The van der Waals surface area contributed by atoms with Gasteiger partial charge in [0.15, 0.2) is 0 Å². The predicted octanol–water partition coefficient (Wildman–Crippen LogP) is 1.69. The monoisotopic (exact) mass is 280 g/mol. The summed E-state index contributed by atoms with van der Waals surface area (Å²) < 4.78 is 7.14. The molecule has 2 aromatic heterocycles. The molecular formula is C13H20N4OS. The Bertz CT molecular complexity index is 494. The third kappa shape index (κ3) is 4.12. The van der Waals surface area contributed by atoms with Crippen LogP contribution in [0.5, 0.6) is 0 Å². The molecule has 0 amide bonds. The van der Waals surface area contributed by atoms with E-state index in [-0.39, 0.29) is 0 Å². The number of hydrogen-bond acceptors (Lipinski definition) is 5. The van der Waals surface area contributed by atoms with Crippen molar-refractivity contribution in [1.29, 1.82) is 0 Å². The van der Waals surface area contributed by atoms with Crippen LogP contribution in [-0.2, 0) is 24.2 Å². The SMILES string of the molecule is CCc1nc(Cn2ccnc2CNCCOC)cs1. The maximum atomic E-state index is 5.00. The number of rotatable bonds is 8. The van der Waals surface area contributed by atoms with Gasteiger partial charge in [-0.3, -0.25) is 0 Å². The lowest BCUT2D eigenvalue weighted by atomic mass is 10.4. The fourth-order valence-electron chi connectivity index (χ4n) is 1.78. The summed E-state index contributed by atoms with van der Waals surface area (Å²) in [6.45, 7) is 5.22. The Morgan fingerprint density at radius 3 is 3.11 bits per heavy atom. The molecule has 6 heteroatoms. The molecule has 2 aromatic rings. The van der Waals surface area contributed by atoms with Gasteiger partial charge in [-0.15, -0.1) is 11.3 Å². The molecule has 0 aliphatic carbocycles. The zero-order chi connectivity index (χ0) is 13.5. The molecule has 0 bridgehead atoms. The summed E-state index contributed by atoms with van der Waals surface area (Å²) in [6, 6.07) is 0. The van der Waals surface area contributed by atoms with E-state index in [0.29, 0.717) is 6.61 Å². The van der Waals surface area contributed by atoms with Crippen LogP contribution in [0.3, 0.4) is 0 Å². The molecule has 0 unspecified atom stereocenters. The van der Waals surface area contributed by atoms with Crippen molar-refractivity contribution < 1.29 is 4.74 Å². The Kier molecular flexibility index (Phi) is 5.50. The van der Waals surface area contributed by atoms with Crippen LogP contribution in [0, 0.1) is 0 Å². The normalized spacial score (nSPS) is 11.1. The Balaban J connectivity index is 1.91. The molecule has 0 aliphatic heterocycles. The van der Waals surface area contributed by atoms with E-state index < -0.39 is 0 Å². The first kappa shape index (κ1) is 14.2. The first-order valence-electron chi connectivity index (χ1n) is 6.46. The highest BCUT2D eigenvalue weighted by Gasteiger charge is 2.06. The average molecular weight is 280 g/mol. The topological polar surface area (TPSA) is 52.0 Å². The number of thiazole rings is 1. The molecule has 0 aliphatic rings. The molecule has 0 radical (unpaired) electrons. The van der Waals surface area contributed by atoms with Crippen molar-refractivity contribution in [3.05, 3.63) is 34.3 Å². The number of aryl methyl sites for hydroxylation is 1. The predicted molar refractivity (Wildman–Crippen MR) is 76.4 cm³/mol. The third-order valence-corrected chi connectivity index (χ3v) is 3.84. The summed E-state index contributed by atoms with van der Waals surface area (Å²) in [5, 5.41) is 6.62. The Hall–Kier alpha value is -1.24. The van der Waals surface area contributed by atoms with Gasteiger partial charge in [0.1, 0.15) is 5.82 Å². The summed E-state index contributed by atoms with van der Waals surface area (Å²) in [7, 11) is 1.70. The maximum Gasteiger partial charge on any atom is 0.123 e. The van der Waals surface area contributed by atoms with Gasteiger partial charge in [0.05, 0.1) is 30.4 Å². The number of nitrogens with zero attached hydrogens (tertiary/aromatic N) is 3. The average Bonchev–Trinajstić information content (AvgIpc) is 3.05. The van der Waals surface area contributed by atoms with Crippen LogP contribution in [0.25, 0.3) is 0 Å². The minimum atomic E-state index is 0.715. The molecule has 0 atom stereocenters. The van der Waals surface area contributed by atoms with Gasteiger partial charge < -0.3 is 14.6 Å². The van der Waals surface area contributed by atoms with Gasteiger partial charge in [-0.05, 0) is 6.42 Å². The zero-order valence-corrected chi connectivity index (χ0v) is 12.2. The van der Waals surface area contributed by atoms with Crippen molar-refractivity contribution in [1.82, 2.24) is 19.9 Å². The van der Waals surface area contributed by atoms with E-state index in [9.17, 15) is 0 Å². The Morgan fingerprint density at radius 2 is 2.37 bits per heavy atom. The minimum Gasteiger partial charge on any atom is -0.383 e. The van der Waals surface area contributed by atoms with Gasteiger partial charge in [-0.25, -0.2) is 9.97 Å². The molecule has 0 saturated heterocycles. The summed E-state index contributed by atoms with van der Waals surface area (Å²) in [4.78, 5) is 8.96. The molecular weight excluding hydrogens is 260 g/mol. The fraction of sp³-hybridized carbons (Fsp3) is 0.538. The van der Waals surface area contributed by atoms with Crippen LogP contribution >= 0.6 is 11.3 Å². The molecule has 2 rings (SSSR count). The van der Waals surface area contributed by atoms with Crippen molar-refractivity contribution in [2.45, 2.75) is 26.4 Å². The highest BCUT2D eigenvalue weighted by molar-refractivity contribution is 7.09. The molecule has 5 nitrogen and oxygen atoms in total. The van der Waals surface area contributed by atoms with Crippen molar-refractivity contribution in [2.75, 3.05) is 20.3 Å². The van der Waals surface area contributed by atoms with Crippen LogP contribution in [0.15, 0.2) is 17.8 Å². The molecule has 0 spiro atoms. The summed E-state index contributed by atoms with van der Waals surface area (Å²) in [5.41, 5.74) is 1.11. The van der Waals surface area contributed by atoms with E-state index >= 15 is 0 Å². The van der Waals surface area contributed by atoms with Crippen molar-refractivity contribution in [2.24, 2.45) is 0 Å². The van der Waals surface area contributed by atoms with E-state index in [0.717, 1.165) is 37.6 Å². The highest BCUT2D eigenvalue weighted by atomic mass is 32.1. The second-order valence-electron chi connectivity index (χ2n) is 4.23.